The predicted molar refractivity (Wildman–Crippen MR) is 80.6 cm³/mol. The minimum atomic E-state index is -0.00426. The van der Waals surface area contributed by atoms with E-state index in [0.717, 1.165) is 25.4 Å². The Morgan fingerprint density at radius 1 is 1.50 bits per heavy atom. The van der Waals surface area contributed by atoms with Crippen LogP contribution in [0, 0.1) is 0 Å². The van der Waals surface area contributed by atoms with Crippen LogP contribution in [0.3, 0.4) is 0 Å². The van der Waals surface area contributed by atoms with Crippen molar-refractivity contribution in [1.29, 1.82) is 0 Å². The van der Waals surface area contributed by atoms with Crippen LogP contribution in [0.25, 0.3) is 0 Å². The first-order valence-electron chi connectivity index (χ1n) is 6.95. The molecule has 2 rings (SSSR count). The molecule has 5 heteroatoms. The maximum absolute atomic E-state index is 12.0. The number of carbonyl (C=O) groups is 1. The highest BCUT2D eigenvalue weighted by Crippen LogP contribution is 2.19. The zero-order chi connectivity index (χ0) is 14.6. The van der Waals surface area contributed by atoms with Crippen LogP contribution in [0.1, 0.15) is 20.3 Å². The minimum Gasteiger partial charge on any atom is -0.399 e. The average molecular weight is 277 g/mol. The summed E-state index contributed by atoms with van der Waals surface area (Å²) < 4.78 is 5.47. The fourth-order valence-corrected chi connectivity index (χ4v) is 2.38. The predicted octanol–water partition coefficient (Wildman–Crippen LogP) is 1.71. The molecule has 1 aromatic carbocycles. The molecule has 1 heterocycles. The third-order valence-electron chi connectivity index (χ3n) is 3.60. The van der Waals surface area contributed by atoms with Gasteiger partial charge in [0.15, 0.2) is 0 Å². The van der Waals surface area contributed by atoms with Crippen LogP contribution in [0.2, 0.25) is 0 Å². The smallest absolute Gasteiger partial charge is 0.225 e. The quantitative estimate of drug-likeness (QED) is 0.822. The van der Waals surface area contributed by atoms with E-state index < -0.39 is 0 Å². The summed E-state index contributed by atoms with van der Waals surface area (Å²) in [5, 5.41) is 2.87. The number of amides is 1. The van der Waals surface area contributed by atoms with Gasteiger partial charge in [-0.3, -0.25) is 9.69 Å². The van der Waals surface area contributed by atoms with Gasteiger partial charge >= 0.3 is 0 Å². The lowest BCUT2D eigenvalue weighted by Crippen LogP contribution is -2.53. The number of anilines is 2. The van der Waals surface area contributed by atoms with Crippen LogP contribution >= 0.6 is 0 Å². The summed E-state index contributed by atoms with van der Waals surface area (Å²) in [5.74, 6) is 0.0119. The molecule has 0 bridgehead atoms. The second-order valence-corrected chi connectivity index (χ2v) is 5.78. The first kappa shape index (κ1) is 14.8. The molecule has 0 unspecified atom stereocenters. The summed E-state index contributed by atoms with van der Waals surface area (Å²) in [4.78, 5) is 14.3. The number of rotatable bonds is 4. The number of nitrogens with zero attached hydrogens (tertiary/aromatic N) is 1. The standard InChI is InChI=1S/C15H23N3O2/c1-15(2)11-20-9-8-18(15)7-6-14(19)17-13-5-3-4-12(16)10-13/h3-5,10H,6-9,11,16H2,1-2H3,(H,17,19). The normalized spacial score (nSPS) is 18.7. The number of ether oxygens (including phenoxy) is 1. The minimum absolute atomic E-state index is 0.00426. The monoisotopic (exact) mass is 277 g/mol. The van der Waals surface area contributed by atoms with Crippen molar-refractivity contribution in [2.45, 2.75) is 25.8 Å². The Labute approximate surface area is 120 Å². The molecule has 0 aliphatic carbocycles. The van der Waals surface area contributed by atoms with Gasteiger partial charge in [-0.05, 0) is 32.0 Å². The van der Waals surface area contributed by atoms with Crippen LogP contribution in [0.5, 0.6) is 0 Å². The molecule has 1 fully saturated rings. The Kier molecular flexibility index (Phi) is 4.62. The Balaban J connectivity index is 1.83. The Morgan fingerprint density at radius 2 is 2.30 bits per heavy atom. The maximum Gasteiger partial charge on any atom is 0.225 e. The van der Waals surface area contributed by atoms with Gasteiger partial charge in [0, 0.05) is 36.4 Å². The molecule has 5 nitrogen and oxygen atoms in total. The van der Waals surface area contributed by atoms with Crippen LogP contribution < -0.4 is 11.1 Å². The average Bonchev–Trinajstić information content (AvgIpc) is 2.37. The fourth-order valence-electron chi connectivity index (χ4n) is 2.38. The van der Waals surface area contributed by atoms with Gasteiger partial charge in [-0.2, -0.15) is 0 Å². The van der Waals surface area contributed by atoms with Gasteiger partial charge in [0.25, 0.3) is 0 Å². The molecule has 0 aromatic heterocycles. The number of nitrogens with one attached hydrogen (secondary N) is 1. The van der Waals surface area contributed by atoms with E-state index in [-0.39, 0.29) is 11.4 Å². The summed E-state index contributed by atoms with van der Waals surface area (Å²) >= 11 is 0. The van der Waals surface area contributed by atoms with E-state index in [0.29, 0.717) is 18.7 Å². The van der Waals surface area contributed by atoms with E-state index in [9.17, 15) is 4.79 Å². The summed E-state index contributed by atoms with van der Waals surface area (Å²) in [6.07, 6.45) is 0.470. The van der Waals surface area contributed by atoms with Gasteiger partial charge in [0.05, 0.1) is 13.2 Å². The Bertz CT molecular complexity index is 474. The van der Waals surface area contributed by atoms with Gasteiger partial charge in [0.1, 0.15) is 0 Å². The second-order valence-electron chi connectivity index (χ2n) is 5.78. The van der Waals surface area contributed by atoms with Gasteiger partial charge in [0.2, 0.25) is 5.91 Å². The second kappa shape index (κ2) is 6.24. The SMILES string of the molecule is CC1(C)COCCN1CCC(=O)Nc1cccc(N)c1. The largest absolute Gasteiger partial charge is 0.399 e. The van der Waals surface area contributed by atoms with Crippen LogP contribution in [0.15, 0.2) is 24.3 Å². The molecule has 0 saturated carbocycles. The first-order valence-corrected chi connectivity index (χ1v) is 6.95. The van der Waals surface area contributed by atoms with Crippen LogP contribution in [-0.4, -0.2) is 42.6 Å². The number of nitrogens with two attached hydrogens (primary N) is 1. The Hall–Kier alpha value is -1.59. The van der Waals surface area contributed by atoms with Crippen LogP contribution in [-0.2, 0) is 9.53 Å². The van der Waals surface area contributed by atoms with Crippen molar-refractivity contribution in [2.24, 2.45) is 0 Å². The molecule has 1 saturated heterocycles. The molecule has 20 heavy (non-hydrogen) atoms. The van der Waals surface area contributed by atoms with Crippen molar-refractivity contribution in [3.05, 3.63) is 24.3 Å². The molecule has 110 valence electrons. The van der Waals surface area contributed by atoms with E-state index in [1.54, 1.807) is 12.1 Å². The molecule has 3 N–H and O–H groups in total. The lowest BCUT2D eigenvalue weighted by molar-refractivity contribution is -0.117. The van der Waals surface area contributed by atoms with Gasteiger partial charge in [-0.25, -0.2) is 0 Å². The molecule has 1 aliphatic heterocycles. The fraction of sp³-hybridized carbons (Fsp3) is 0.533. The molecule has 1 amide bonds. The van der Waals surface area contributed by atoms with Crippen molar-refractivity contribution in [3.63, 3.8) is 0 Å². The third kappa shape index (κ3) is 3.95. The third-order valence-corrected chi connectivity index (χ3v) is 3.60. The van der Waals surface area contributed by atoms with E-state index in [2.05, 4.69) is 24.1 Å². The maximum atomic E-state index is 12.0. The van der Waals surface area contributed by atoms with Crippen molar-refractivity contribution in [3.8, 4) is 0 Å². The molecule has 0 atom stereocenters. The van der Waals surface area contributed by atoms with Crippen molar-refractivity contribution in [1.82, 2.24) is 4.90 Å². The molecule has 0 spiro atoms. The zero-order valence-electron chi connectivity index (χ0n) is 12.2. The number of nitrogen functional groups attached to an aromatic ring is 1. The van der Waals surface area contributed by atoms with Crippen molar-refractivity contribution in [2.75, 3.05) is 37.4 Å². The highest BCUT2D eigenvalue weighted by Gasteiger charge is 2.30. The number of morpholine rings is 1. The Morgan fingerprint density at radius 3 is 3.00 bits per heavy atom. The lowest BCUT2D eigenvalue weighted by Gasteiger charge is -2.42. The first-order chi connectivity index (χ1) is 9.47. The summed E-state index contributed by atoms with van der Waals surface area (Å²) in [6, 6.07) is 7.23. The zero-order valence-corrected chi connectivity index (χ0v) is 12.2. The number of hydrogen-bond donors (Lipinski definition) is 2. The van der Waals surface area contributed by atoms with Gasteiger partial charge < -0.3 is 15.8 Å². The molecule has 0 radical (unpaired) electrons. The summed E-state index contributed by atoms with van der Waals surface area (Å²) in [7, 11) is 0. The molecule has 1 aromatic rings. The van der Waals surface area contributed by atoms with E-state index in [1.807, 2.05) is 12.1 Å². The van der Waals surface area contributed by atoms with Crippen molar-refractivity contribution >= 4 is 17.3 Å². The van der Waals surface area contributed by atoms with Crippen molar-refractivity contribution < 1.29 is 9.53 Å². The molecular weight excluding hydrogens is 254 g/mol. The highest BCUT2D eigenvalue weighted by molar-refractivity contribution is 5.91. The molecular formula is C15H23N3O2. The lowest BCUT2D eigenvalue weighted by atomic mass is 10.0. The summed E-state index contributed by atoms with van der Waals surface area (Å²) in [6.45, 7) is 7.34. The van der Waals surface area contributed by atoms with Gasteiger partial charge in [-0.15, -0.1) is 0 Å². The van der Waals surface area contributed by atoms with Crippen LogP contribution in [0.4, 0.5) is 11.4 Å². The highest BCUT2D eigenvalue weighted by atomic mass is 16.5. The van der Waals surface area contributed by atoms with E-state index in [1.165, 1.54) is 0 Å². The molecule has 1 aliphatic rings. The van der Waals surface area contributed by atoms with E-state index in [4.69, 9.17) is 10.5 Å². The van der Waals surface area contributed by atoms with Gasteiger partial charge in [-0.1, -0.05) is 6.07 Å². The summed E-state index contributed by atoms with van der Waals surface area (Å²) in [5.41, 5.74) is 7.08. The number of carbonyl (C=O) groups excluding carboxylic acids is 1. The topological polar surface area (TPSA) is 67.6 Å². The number of hydrogen-bond acceptors (Lipinski definition) is 4. The number of benzene rings is 1. The van der Waals surface area contributed by atoms with E-state index >= 15 is 0 Å².